The van der Waals surface area contributed by atoms with Crippen molar-refractivity contribution in [2.75, 3.05) is 4.31 Å². The van der Waals surface area contributed by atoms with E-state index in [1.54, 1.807) is 30.3 Å². The molecule has 7 heteroatoms. The minimum absolute atomic E-state index is 0.103. The maximum atomic E-state index is 13.2. The summed E-state index contributed by atoms with van der Waals surface area (Å²) in [7, 11) is -3.70. The van der Waals surface area contributed by atoms with E-state index in [9.17, 15) is 13.2 Å². The Kier molecular flexibility index (Phi) is 6.01. The molecule has 0 unspecified atom stereocenters. The standard InChI is InChI=1S/C21H25ClN2O3S/c1-4-5-14(2)23-21(25)16-6-11-20-17(13-16)12-15(3)24(20)28(26,27)19-9-7-18(22)8-10-19/h6-11,13-15H,4-5,12H2,1-3H3,(H,23,25)/t14-,15+/m0/s1. The first-order chi connectivity index (χ1) is 13.2. The molecular formula is C21H25ClN2O3S. The van der Waals surface area contributed by atoms with Crippen molar-refractivity contribution in [1.29, 1.82) is 0 Å². The van der Waals surface area contributed by atoms with Gasteiger partial charge in [-0.1, -0.05) is 24.9 Å². The third-order valence-corrected chi connectivity index (χ3v) is 7.16. The van der Waals surface area contributed by atoms with Crippen molar-refractivity contribution < 1.29 is 13.2 Å². The van der Waals surface area contributed by atoms with Gasteiger partial charge in [0.1, 0.15) is 0 Å². The highest BCUT2D eigenvalue weighted by Crippen LogP contribution is 2.37. The van der Waals surface area contributed by atoms with Gasteiger partial charge < -0.3 is 5.32 Å². The van der Waals surface area contributed by atoms with Crippen molar-refractivity contribution in [2.24, 2.45) is 0 Å². The summed E-state index contributed by atoms with van der Waals surface area (Å²) in [6, 6.07) is 11.3. The molecule has 0 saturated heterocycles. The van der Waals surface area contributed by atoms with Gasteiger partial charge in [-0.2, -0.15) is 0 Å². The first-order valence-corrected chi connectivity index (χ1v) is 11.3. The quantitative estimate of drug-likeness (QED) is 0.753. The summed E-state index contributed by atoms with van der Waals surface area (Å²) in [4.78, 5) is 12.7. The largest absolute Gasteiger partial charge is 0.350 e. The third-order valence-electron chi connectivity index (χ3n) is 4.96. The van der Waals surface area contributed by atoms with Gasteiger partial charge >= 0.3 is 0 Å². The molecule has 150 valence electrons. The van der Waals surface area contributed by atoms with E-state index in [0.29, 0.717) is 22.7 Å². The van der Waals surface area contributed by atoms with E-state index in [1.807, 2.05) is 13.8 Å². The summed E-state index contributed by atoms with van der Waals surface area (Å²) < 4.78 is 27.8. The average molecular weight is 421 g/mol. The molecule has 2 atom stereocenters. The molecule has 28 heavy (non-hydrogen) atoms. The summed E-state index contributed by atoms with van der Waals surface area (Å²) in [5.74, 6) is -0.129. The molecule has 0 aliphatic carbocycles. The molecule has 2 aromatic rings. The number of carbonyl (C=O) groups excluding carboxylic acids is 1. The molecule has 5 nitrogen and oxygen atoms in total. The van der Waals surface area contributed by atoms with E-state index in [0.717, 1.165) is 18.4 Å². The normalized spacial score (nSPS) is 17.3. The van der Waals surface area contributed by atoms with Gasteiger partial charge in [-0.05, 0) is 74.7 Å². The van der Waals surface area contributed by atoms with Crippen molar-refractivity contribution >= 4 is 33.2 Å². The summed E-state index contributed by atoms with van der Waals surface area (Å²) in [5.41, 5.74) is 2.04. The molecule has 1 amide bonds. The second kappa shape index (κ2) is 8.13. The number of hydrogen-bond donors (Lipinski definition) is 1. The molecule has 1 aliphatic rings. The lowest BCUT2D eigenvalue weighted by Crippen LogP contribution is -2.35. The average Bonchev–Trinajstić information content (AvgIpc) is 2.97. The lowest BCUT2D eigenvalue weighted by Gasteiger charge is -2.24. The second-order valence-electron chi connectivity index (χ2n) is 7.31. The molecule has 0 bridgehead atoms. The van der Waals surface area contributed by atoms with Crippen LogP contribution in [0.4, 0.5) is 5.69 Å². The van der Waals surface area contributed by atoms with Crippen LogP contribution < -0.4 is 9.62 Å². The van der Waals surface area contributed by atoms with E-state index in [2.05, 4.69) is 12.2 Å². The molecule has 0 spiro atoms. The zero-order chi connectivity index (χ0) is 20.5. The number of sulfonamides is 1. The van der Waals surface area contributed by atoms with Gasteiger partial charge in [0.15, 0.2) is 0 Å². The van der Waals surface area contributed by atoms with Crippen LogP contribution in [0.5, 0.6) is 0 Å². The van der Waals surface area contributed by atoms with Crippen LogP contribution in [0, 0.1) is 0 Å². The van der Waals surface area contributed by atoms with E-state index in [1.165, 1.54) is 16.4 Å². The van der Waals surface area contributed by atoms with Crippen LogP contribution in [0.3, 0.4) is 0 Å². The highest BCUT2D eigenvalue weighted by Gasteiger charge is 2.36. The van der Waals surface area contributed by atoms with Crippen molar-refractivity contribution in [3.05, 3.63) is 58.6 Å². The lowest BCUT2D eigenvalue weighted by molar-refractivity contribution is 0.0938. The fourth-order valence-corrected chi connectivity index (χ4v) is 5.46. The molecule has 0 saturated carbocycles. The molecule has 1 heterocycles. The molecule has 0 fully saturated rings. The molecular weight excluding hydrogens is 396 g/mol. The molecule has 3 rings (SSSR count). The van der Waals surface area contributed by atoms with Gasteiger partial charge in [0.2, 0.25) is 0 Å². The fourth-order valence-electron chi connectivity index (χ4n) is 3.64. The van der Waals surface area contributed by atoms with Crippen molar-refractivity contribution in [3.63, 3.8) is 0 Å². The first kappa shape index (κ1) is 20.7. The number of fused-ring (bicyclic) bond motifs is 1. The van der Waals surface area contributed by atoms with Crippen molar-refractivity contribution in [2.45, 2.75) is 57.0 Å². The Bertz CT molecular complexity index is 974. The van der Waals surface area contributed by atoms with E-state index >= 15 is 0 Å². The van der Waals surface area contributed by atoms with Crippen LogP contribution in [0.15, 0.2) is 47.4 Å². The maximum Gasteiger partial charge on any atom is 0.264 e. The number of rotatable bonds is 6. The van der Waals surface area contributed by atoms with Crippen LogP contribution in [-0.2, 0) is 16.4 Å². The summed E-state index contributed by atoms with van der Waals surface area (Å²) in [6.07, 6.45) is 2.48. The number of anilines is 1. The van der Waals surface area contributed by atoms with Gasteiger partial charge in [0.25, 0.3) is 15.9 Å². The predicted octanol–water partition coefficient (Wildman–Crippen LogP) is 4.40. The first-order valence-electron chi connectivity index (χ1n) is 9.47. The highest BCUT2D eigenvalue weighted by molar-refractivity contribution is 7.92. The van der Waals surface area contributed by atoms with Crippen LogP contribution in [0.1, 0.15) is 49.5 Å². The smallest absolute Gasteiger partial charge is 0.264 e. The Morgan fingerprint density at radius 1 is 1.25 bits per heavy atom. The Morgan fingerprint density at radius 2 is 1.93 bits per heavy atom. The zero-order valence-corrected chi connectivity index (χ0v) is 17.8. The topological polar surface area (TPSA) is 66.5 Å². The molecule has 2 aromatic carbocycles. The Hall–Kier alpha value is -2.05. The van der Waals surface area contributed by atoms with Gasteiger partial charge in [-0.15, -0.1) is 0 Å². The fraction of sp³-hybridized carbons (Fsp3) is 0.381. The van der Waals surface area contributed by atoms with Crippen molar-refractivity contribution in [1.82, 2.24) is 5.32 Å². The molecule has 0 aromatic heterocycles. The number of amides is 1. The maximum absolute atomic E-state index is 13.2. The number of benzene rings is 2. The minimum atomic E-state index is -3.70. The van der Waals surface area contributed by atoms with Gasteiger partial charge in [0.05, 0.1) is 10.6 Å². The van der Waals surface area contributed by atoms with E-state index in [4.69, 9.17) is 11.6 Å². The summed E-state index contributed by atoms with van der Waals surface area (Å²) in [6.45, 7) is 5.93. The van der Waals surface area contributed by atoms with Gasteiger partial charge in [-0.3, -0.25) is 9.10 Å². The number of halogens is 1. The molecule has 1 N–H and O–H groups in total. The van der Waals surface area contributed by atoms with Crippen LogP contribution in [-0.4, -0.2) is 26.4 Å². The number of nitrogens with zero attached hydrogens (tertiary/aromatic N) is 1. The molecule has 1 aliphatic heterocycles. The highest BCUT2D eigenvalue weighted by atomic mass is 35.5. The van der Waals surface area contributed by atoms with E-state index in [-0.39, 0.29) is 22.9 Å². The van der Waals surface area contributed by atoms with Gasteiger partial charge in [0, 0.05) is 22.7 Å². The number of carbonyl (C=O) groups is 1. The van der Waals surface area contributed by atoms with E-state index < -0.39 is 10.0 Å². The monoisotopic (exact) mass is 420 g/mol. The van der Waals surface area contributed by atoms with Crippen molar-refractivity contribution in [3.8, 4) is 0 Å². The Morgan fingerprint density at radius 3 is 2.57 bits per heavy atom. The summed E-state index contributed by atoms with van der Waals surface area (Å²) in [5, 5.41) is 3.48. The van der Waals surface area contributed by atoms with Crippen LogP contribution in [0.2, 0.25) is 5.02 Å². The predicted molar refractivity (Wildman–Crippen MR) is 113 cm³/mol. The zero-order valence-electron chi connectivity index (χ0n) is 16.3. The Balaban J connectivity index is 1.90. The minimum Gasteiger partial charge on any atom is -0.350 e. The SMILES string of the molecule is CCC[C@H](C)NC(=O)c1ccc2c(c1)C[C@@H](C)N2S(=O)(=O)c1ccc(Cl)cc1. The number of nitrogens with one attached hydrogen (secondary N) is 1. The number of hydrogen-bond acceptors (Lipinski definition) is 3. The molecule has 0 radical (unpaired) electrons. The Labute approximate surface area is 171 Å². The lowest BCUT2D eigenvalue weighted by atomic mass is 10.1. The van der Waals surface area contributed by atoms with Gasteiger partial charge in [-0.25, -0.2) is 8.42 Å². The summed E-state index contributed by atoms with van der Waals surface area (Å²) >= 11 is 5.89. The third kappa shape index (κ3) is 4.03. The van der Waals surface area contributed by atoms with Crippen LogP contribution >= 0.6 is 11.6 Å². The van der Waals surface area contributed by atoms with Crippen LogP contribution in [0.25, 0.3) is 0 Å². The second-order valence-corrected chi connectivity index (χ2v) is 9.57.